The molecule has 0 fully saturated rings. The maximum atomic E-state index is 4.42. The number of hydrogen-bond acceptors (Lipinski definition) is 2. The lowest BCUT2D eigenvalue weighted by Gasteiger charge is -2.10. The van der Waals surface area contributed by atoms with Gasteiger partial charge in [0.05, 0.1) is 5.69 Å². The monoisotopic (exact) mass is 237 g/mol. The molecular formula is C14H27N3. The van der Waals surface area contributed by atoms with Crippen molar-refractivity contribution >= 4 is 0 Å². The van der Waals surface area contributed by atoms with Crippen molar-refractivity contribution in [2.24, 2.45) is 0 Å². The smallest absolute Gasteiger partial charge is 0.105 e. The van der Waals surface area contributed by atoms with Gasteiger partial charge in [-0.3, -0.25) is 0 Å². The lowest BCUT2D eigenvalue weighted by molar-refractivity contribution is 0.544. The highest BCUT2D eigenvalue weighted by Crippen LogP contribution is 2.08. The van der Waals surface area contributed by atoms with Crippen LogP contribution in [-0.2, 0) is 13.1 Å². The number of nitrogens with one attached hydrogen (secondary N) is 1. The van der Waals surface area contributed by atoms with Gasteiger partial charge in [0.1, 0.15) is 5.82 Å². The van der Waals surface area contributed by atoms with Gasteiger partial charge in [-0.05, 0) is 26.3 Å². The fourth-order valence-corrected chi connectivity index (χ4v) is 2.05. The first-order chi connectivity index (χ1) is 8.29. The summed E-state index contributed by atoms with van der Waals surface area (Å²) in [6.45, 7) is 9.70. The van der Waals surface area contributed by atoms with Crippen molar-refractivity contribution < 1.29 is 0 Å². The Bertz CT molecular complexity index is 304. The topological polar surface area (TPSA) is 29.9 Å². The van der Waals surface area contributed by atoms with Crippen molar-refractivity contribution in [1.29, 1.82) is 0 Å². The summed E-state index contributed by atoms with van der Waals surface area (Å²) in [6, 6.07) is 0. The number of imidazole rings is 1. The van der Waals surface area contributed by atoms with E-state index in [0.29, 0.717) is 0 Å². The van der Waals surface area contributed by atoms with E-state index in [-0.39, 0.29) is 0 Å². The number of unbranched alkanes of at least 4 members (excludes halogenated alkanes) is 3. The van der Waals surface area contributed by atoms with Gasteiger partial charge in [0.15, 0.2) is 0 Å². The van der Waals surface area contributed by atoms with E-state index < -0.39 is 0 Å². The molecule has 3 heteroatoms. The molecule has 1 aromatic heterocycles. The molecule has 17 heavy (non-hydrogen) atoms. The molecule has 0 radical (unpaired) electrons. The van der Waals surface area contributed by atoms with Crippen LogP contribution in [0.2, 0.25) is 0 Å². The Balaban J connectivity index is 2.42. The van der Waals surface area contributed by atoms with Crippen LogP contribution in [0.5, 0.6) is 0 Å². The summed E-state index contributed by atoms with van der Waals surface area (Å²) in [5.41, 5.74) is 1.33. The Hall–Kier alpha value is -0.830. The summed E-state index contributed by atoms with van der Waals surface area (Å²) in [6.07, 6.45) is 8.44. The van der Waals surface area contributed by atoms with Gasteiger partial charge in [0.2, 0.25) is 0 Å². The number of aromatic nitrogens is 2. The van der Waals surface area contributed by atoms with Crippen LogP contribution in [0.3, 0.4) is 0 Å². The van der Waals surface area contributed by atoms with E-state index in [1.807, 2.05) is 6.20 Å². The van der Waals surface area contributed by atoms with Crippen molar-refractivity contribution in [1.82, 2.24) is 14.9 Å². The van der Waals surface area contributed by atoms with Crippen molar-refractivity contribution in [3.63, 3.8) is 0 Å². The lowest BCUT2D eigenvalue weighted by atomic mass is 10.2. The van der Waals surface area contributed by atoms with Crippen molar-refractivity contribution in [3.8, 4) is 0 Å². The molecule has 0 amide bonds. The first-order valence-electron chi connectivity index (χ1n) is 7.01. The predicted molar refractivity (Wildman–Crippen MR) is 73.1 cm³/mol. The summed E-state index contributed by atoms with van der Waals surface area (Å²) < 4.78 is 2.36. The zero-order valence-corrected chi connectivity index (χ0v) is 11.6. The summed E-state index contributed by atoms with van der Waals surface area (Å²) in [4.78, 5) is 4.42. The van der Waals surface area contributed by atoms with Gasteiger partial charge in [-0.1, -0.05) is 33.1 Å². The van der Waals surface area contributed by atoms with Crippen molar-refractivity contribution in [3.05, 3.63) is 17.7 Å². The third kappa shape index (κ3) is 4.90. The highest BCUT2D eigenvalue weighted by atomic mass is 15.1. The summed E-state index contributed by atoms with van der Waals surface area (Å²) in [7, 11) is 0. The predicted octanol–water partition coefficient (Wildman–Crippen LogP) is 3.27. The molecule has 1 N–H and O–H groups in total. The molecule has 0 aromatic carbocycles. The average molecular weight is 237 g/mol. The van der Waals surface area contributed by atoms with Crippen LogP contribution in [0.4, 0.5) is 0 Å². The van der Waals surface area contributed by atoms with Gasteiger partial charge in [-0.2, -0.15) is 0 Å². The fraction of sp³-hybridized carbons (Fsp3) is 0.786. The average Bonchev–Trinajstić information content (AvgIpc) is 2.67. The van der Waals surface area contributed by atoms with E-state index in [1.165, 1.54) is 37.8 Å². The number of nitrogens with zero attached hydrogens (tertiary/aromatic N) is 2. The van der Waals surface area contributed by atoms with E-state index in [0.717, 1.165) is 25.5 Å². The van der Waals surface area contributed by atoms with Gasteiger partial charge in [-0.15, -0.1) is 0 Å². The van der Waals surface area contributed by atoms with Crippen LogP contribution in [0.25, 0.3) is 0 Å². The van der Waals surface area contributed by atoms with E-state index in [9.17, 15) is 0 Å². The van der Waals surface area contributed by atoms with Gasteiger partial charge in [-0.25, -0.2) is 4.98 Å². The molecule has 0 atom stereocenters. The second-order valence-corrected chi connectivity index (χ2v) is 4.69. The second kappa shape index (κ2) is 8.29. The van der Waals surface area contributed by atoms with Gasteiger partial charge in [0, 0.05) is 19.3 Å². The first-order valence-corrected chi connectivity index (χ1v) is 7.01. The highest BCUT2D eigenvalue weighted by molar-refractivity contribution is 5.04. The molecule has 0 aliphatic rings. The van der Waals surface area contributed by atoms with Crippen molar-refractivity contribution in [2.75, 3.05) is 6.54 Å². The molecule has 1 aromatic rings. The standard InChI is InChI=1S/C14H27N3/c1-4-6-7-8-10-17-13(3)16-12-14(17)11-15-9-5-2/h12,15H,4-11H2,1-3H3. The lowest BCUT2D eigenvalue weighted by Crippen LogP contribution is -2.17. The largest absolute Gasteiger partial charge is 0.331 e. The first kappa shape index (κ1) is 14.2. The molecule has 98 valence electrons. The van der Waals surface area contributed by atoms with Crippen molar-refractivity contribution in [2.45, 2.75) is 66.0 Å². The Labute approximate surface area is 106 Å². The molecule has 1 rings (SSSR count). The van der Waals surface area contributed by atoms with Gasteiger partial charge >= 0.3 is 0 Å². The molecule has 0 saturated carbocycles. The maximum absolute atomic E-state index is 4.42. The van der Waals surface area contributed by atoms with E-state index in [2.05, 4.69) is 35.6 Å². The summed E-state index contributed by atoms with van der Waals surface area (Å²) in [5.74, 6) is 1.15. The normalized spacial score (nSPS) is 11.0. The van der Waals surface area contributed by atoms with Crippen LogP contribution in [0.1, 0.15) is 57.5 Å². The third-order valence-corrected chi connectivity index (χ3v) is 3.11. The molecule has 0 bridgehead atoms. The molecule has 0 aliphatic heterocycles. The maximum Gasteiger partial charge on any atom is 0.105 e. The van der Waals surface area contributed by atoms with Crippen LogP contribution in [0.15, 0.2) is 6.20 Å². The molecule has 0 spiro atoms. The molecule has 3 nitrogen and oxygen atoms in total. The minimum atomic E-state index is 0.947. The molecule has 0 unspecified atom stereocenters. The SMILES string of the molecule is CCCCCCn1c(CNCCC)cnc1C. The number of rotatable bonds is 9. The van der Waals surface area contributed by atoms with E-state index in [1.54, 1.807) is 0 Å². The van der Waals surface area contributed by atoms with E-state index >= 15 is 0 Å². The minimum absolute atomic E-state index is 0.947. The zero-order valence-electron chi connectivity index (χ0n) is 11.6. The summed E-state index contributed by atoms with van der Waals surface area (Å²) >= 11 is 0. The number of aryl methyl sites for hydroxylation is 1. The van der Waals surface area contributed by atoms with Gasteiger partial charge in [0.25, 0.3) is 0 Å². The Morgan fingerprint density at radius 2 is 2.00 bits per heavy atom. The van der Waals surface area contributed by atoms with E-state index in [4.69, 9.17) is 0 Å². The van der Waals surface area contributed by atoms with Crippen LogP contribution < -0.4 is 5.32 Å². The molecule has 1 heterocycles. The van der Waals surface area contributed by atoms with Crippen LogP contribution in [-0.4, -0.2) is 16.1 Å². The summed E-state index contributed by atoms with van der Waals surface area (Å²) in [5, 5.41) is 3.45. The molecule has 0 saturated heterocycles. The third-order valence-electron chi connectivity index (χ3n) is 3.11. The highest BCUT2D eigenvalue weighted by Gasteiger charge is 2.05. The second-order valence-electron chi connectivity index (χ2n) is 4.69. The molecule has 0 aliphatic carbocycles. The zero-order chi connectivity index (χ0) is 12.5. The molecular weight excluding hydrogens is 210 g/mol. The van der Waals surface area contributed by atoms with Gasteiger partial charge < -0.3 is 9.88 Å². The Morgan fingerprint density at radius 1 is 1.18 bits per heavy atom. The minimum Gasteiger partial charge on any atom is -0.331 e. The fourth-order valence-electron chi connectivity index (χ4n) is 2.05. The number of hydrogen-bond donors (Lipinski definition) is 1. The quantitative estimate of drug-likeness (QED) is 0.668. The van der Waals surface area contributed by atoms with Crippen LogP contribution >= 0.6 is 0 Å². The Kier molecular flexibility index (Phi) is 6.94. The Morgan fingerprint density at radius 3 is 2.71 bits per heavy atom. The van der Waals surface area contributed by atoms with Crippen LogP contribution in [0, 0.1) is 6.92 Å².